The van der Waals surface area contributed by atoms with E-state index in [0.717, 1.165) is 0 Å². The molecule has 7 heavy (non-hydrogen) atoms. The zero-order valence-electron chi connectivity index (χ0n) is 5.01. The van der Waals surface area contributed by atoms with Gasteiger partial charge in [0.25, 0.3) is 0 Å². The van der Waals surface area contributed by atoms with Crippen LogP contribution in [-0.2, 0) is 4.79 Å². The van der Waals surface area contributed by atoms with Crippen LogP contribution in [0.25, 0.3) is 0 Å². The van der Waals surface area contributed by atoms with Crippen molar-refractivity contribution in [2.45, 2.75) is 0 Å². The maximum atomic E-state index is 9.12. The first kappa shape index (κ1) is 15.8. The van der Waals surface area contributed by atoms with Gasteiger partial charge < -0.3 is 11.6 Å². The Bertz CT molecular complexity index is 52.5. The van der Waals surface area contributed by atoms with Gasteiger partial charge in [-0.25, -0.2) is 4.79 Å². The molecule has 0 bridgehead atoms. The molecule has 0 amide bonds. The Hall–Kier alpha value is 1.42. The number of carboxylic acids is 1. The molecule has 0 saturated heterocycles. The van der Waals surface area contributed by atoms with Crippen LogP contribution in [0.2, 0.25) is 0 Å². The molecule has 2 N–H and O–H groups in total. The number of carboxylic acid groups (broad SMARTS) is 1. The van der Waals surface area contributed by atoms with Crippen molar-refractivity contribution in [2.24, 2.45) is 0 Å². The van der Waals surface area contributed by atoms with Crippen molar-refractivity contribution >= 4 is 19.5 Å². The zero-order chi connectivity index (χ0) is 4.28. The molecule has 3 nitrogen and oxygen atoms in total. The molecular formula is C2H7KO3S. The molecule has 0 aliphatic heterocycles. The van der Waals surface area contributed by atoms with Crippen molar-refractivity contribution in [3.05, 3.63) is 0 Å². The van der Waals surface area contributed by atoms with Gasteiger partial charge in [0.05, 0.1) is 0 Å². The summed E-state index contributed by atoms with van der Waals surface area (Å²) in [6, 6.07) is 0. The van der Waals surface area contributed by atoms with Crippen molar-refractivity contribution in [3.63, 3.8) is 0 Å². The largest absolute Gasteiger partial charge is 1.00 e. The quantitative estimate of drug-likeness (QED) is 0.378. The first-order valence-corrected chi connectivity index (χ1v) is 1.10. The second-order valence-electron chi connectivity index (χ2n) is 0.552. The molecule has 40 valence electrons. The molecule has 0 saturated carbocycles. The van der Waals surface area contributed by atoms with Gasteiger partial charge in [-0.2, -0.15) is 13.5 Å². The van der Waals surface area contributed by atoms with Crippen LogP contribution in [0.4, 0.5) is 0 Å². The third-order valence-electron chi connectivity index (χ3n) is 0.135. The van der Waals surface area contributed by atoms with Gasteiger partial charge in [-0.05, 0) is 0 Å². The Labute approximate surface area is 92.5 Å². The number of aliphatic hydroxyl groups is 1. The molecule has 0 aromatic rings. The Morgan fingerprint density at radius 2 is 1.86 bits per heavy atom. The molecule has 0 spiro atoms. The Morgan fingerprint density at radius 1 is 1.71 bits per heavy atom. The van der Waals surface area contributed by atoms with Gasteiger partial charge in [-0.1, -0.05) is 0 Å². The molecule has 0 aromatic carbocycles. The molecule has 0 aliphatic rings. The minimum absolute atomic E-state index is 0. The fourth-order valence-electron chi connectivity index (χ4n) is 0. The Kier molecular flexibility index (Phi) is 23.5. The summed E-state index contributed by atoms with van der Waals surface area (Å²) in [7, 11) is 0. The number of aliphatic carboxylic acids is 1. The monoisotopic (exact) mass is 150 g/mol. The third-order valence-corrected chi connectivity index (χ3v) is 0.135. The van der Waals surface area contributed by atoms with E-state index in [1.54, 1.807) is 0 Å². The van der Waals surface area contributed by atoms with E-state index in [1.165, 1.54) is 0 Å². The predicted molar refractivity (Wildman–Crippen MR) is 26.2 cm³/mol. The molecule has 0 rings (SSSR count). The maximum Gasteiger partial charge on any atom is 1.00 e. The van der Waals surface area contributed by atoms with E-state index in [0.29, 0.717) is 0 Å². The van der Waals surface area contributed by atoms with E-state index >= 15 is 0 Å². The first-order valence-electron chi connectivity index (χ1n) is 1.10. The molecule has 0 aliphatic carbocycles. The second kappa shape index (κ2) is 10.4. The summed E-state index contributed by atoms with van der Waals surface area (Å²) < 4.78 is 0. The Balaban J connectivity index is -0.0000000267. The second-order valence-corrected chi connectivity index (χ2v) is 0.552. The van der Waals surface area contributed by atoms with E-state index in [1.807, 2.05) is 0 Å². The fraction of sp³-hybridized carbons (Fsp3) is 0.500. The number of carbonyl (C=O) groups is 1. The third kappa shape index (κ3) is 18.6. The van der Waals surface area contributed by atoms with E-state index in [-0.39, 0.29) is 66.3 Å². The van der Waals surface area contributed by atoms with E-state index in [2.05, 4.69) is 0 Å². The number of aliphatic hydroxyl groups excluding tert-OH is 1. The molecule has 0 heterocycles. The van der Waals surface area contributed by atoms with Crippen LogP contribution >= 0.6 is 13.5 Å². The summed E-state index contributed by atoms with van der Waals surface area (Å²) >= 11 is 0. The number of hydrogen-bond donors (Lipinski definition) is 2. The molecule has 0 radical (unpaired) electrons. The van der Waals surface area contributed by atoms with Gasteiger partial charge in [0.2, 0.25) is 0 Å². The number of rotatable bonds is 1. The van der Waals surface area contributed by atoms with Gasteiger partial charge in [0.1, 0.15) is 6.61 Å². The topological polar surface area (TPSA) is 57.5 Å². The van der Waals surface area contributed by atoms with Crippen molar-refractivity contribution in [1.29, 1.82) is 0 Å². The van der Waals surface area contributed by atoms with Crippen molar-refractivity contribution in [2.75, 3.05) is 6.61 Å². The van der Waals surface area contributed by atoms with Crippen LogP contribution in [-0.4, -0.2) is 22.8 Å². The van der Waals surface area contributed by atoms with Crippen LogP contribution in [0, 0.1) is 0 Å². The van der Waals surface area contributed by atoms with Crippen LogP contribution in [0.15, 0.2) is 0 Å². The Morgan fingerprint density at radius 3 is 1.86 bits per heavy atom. The average molecular weight is 150 g/mol. The van der Waals surface area contributed by atoms with Gasteiger partial charge in [0.15, 0.2) is 0 Å². The summed E-state index contributed by atoms with van der Waals surface area (Å²) in [6.07, 6.45) is 0. The van der Waals surface area contributed by atoms with Crippen LogP contribution in [0.3, 0.4) is 0 Å². The molecule has 0 unspecified atom stereocenters. The van der Waals surface area contributed by atoms with Crippen LogP contribution in [0.1, 0.15) is 1.43 Å². The molecule has 0 atom stereocenters. The van der Waals surface area contributed by atoms with Crippen molar-refractivity contribution in [3.8, 4) is 0 Å². The molecule has 5 heteroatoms. The SMILES string of the molecule is O=C(O)CO.S.[H-].[K+]. The molecular weight excluding hydrogens is 143 g/mol. The normalized spacial score (nSPS) is 5.29. The van der Waals surface area contributed by atoms with Gasteiger partial charge in [0, 0.05) is 0 Å². The minimum atomic E-state index is -1.19. The van der Waals surface area contributed by atoms with Crippen LogP contribution in [0.5, 0.6) is 0 Å². The summed E-state index contributed by atoms with van der Waals surface area (Å²) in [4.78, 5) is 9.12. The fourth-order valence-corrected chi connectivity index (χ4v) is 0. The van der Waals surface area contributed by atoms with Gasteiger partial charge in [-0.15, -0.1) is 0 Å². The molecule has 0 aromatic heterocycles. The molecule has 0 fully saturated rings. The summed E-state index contributed by atoms with van der Waals surface area (Å²) in [5.41, 5.74) is 0. The average Bonchev–Trinajstić information content (AvgIpc) is 1.38. The van der Waals surface area contributed by atoms with Crippen molar-refractivity contribution < 1.29 is 67.8 Å². The van der Waals surface area contributed by atoms with Gasteiger partial charge >= 0.3 is 57.4 Å². The minimum Gasteiger partial charge on any atom is -1.00 e. The zero-order valence-corrected chi connectivity index (χ0v) is 8.13. The number of hydrogen-bond acceptors (Lipinski definition) is 2. The van der Waals surface area contributed by atoms with Crippen molar-refractivity contribution in [1.82, 2.24) is 0 Å². The maximum absolute atomic E-state index is 9.12. The summed E-state index contributed by atoms with van der Waals surface area (Å²) in [5, 5.41) is 15.0. The van der Waals surface area contributed by atoms with Crippen LogP contribution < -0.4 is 51.4 Å². The van der Waals surface area contributed by atoms with Gasteiger partial charge in [-0.3, -0.25) is 0 Å². The standard InChI is InChI=1S/C2H4O3.K.H2S.H/c3-1-2(4)5;;;/h3H,1H2,(H,4,5);;1H2;/q;+1;;-1. The predicted octanol–water partition coefficient (Wildman–Crippen LogP) is -3.71. The summed E-state index contributed by atoms with van der Waals surface area (Å²) in [6.45, 7) is -0.778. The van der Waals surface area contributed by atoms with E-state index < -0.39 is 12.6 Å². The van der Waals surface area contributed by atoms with E-state index in [9.17, 15) is 0 Å². The van der Waals surface area contributed by atoms with E-state index in [4.69, 9.17) is 15.0 Å². The first-order chi connectivity index (χ1) is 2.27. The smallest absolute Gasteiger partial charge is 1.00 e. The summed E-state index contributed by atoms with van der Waals surface area (Å²) in [5.74, 6) is -1.19.